The summed E-state index contributed by atoms with van der Waals surface area (Å²) in [6.07, 6.45) is 0.163. The lowest BCUT2D eigenvalue weighted by atomic mass is 10.1. The van der Waals surface area contributed by atoms with Crippen LogP contribution in [0.3, 0.4) is 0 Å². The van der Waals surface area contributed by atoms with E-state index < -0.39 is 0 Å². The summed E-state index contributed by atoms with van der Waals surface area (Å²) in [5.74, 6) is 0.947. The lowest BCUT2D eigenvalue weighted by Gasteiger charge is -2.06. The molecular weight excluding hydrogens is 328 g/mol. The van der Waals surface area contributed by atoms with Gasteiger partial charge in [0.2, 0.25) is 5.91 Å². The number of aromatic hydroxyl groups is 1. The lowest BCUT2D eigenvalue weighted by Crippen LogP contribution is -2.14. The quantitative estimate of drug-likeness (QED) is 0.743. The number of hydrogen-bond donors (Lipinski definition) is 2. The van der Waals surface area contributed by atoms with E-state index in [1.54, 1.807) is 19.2 Å². The number of carbonyl (C=O) groups excluding carboxylic acids is 1. The Morgan fingerprint density at radius 3 is 2.79 bits per heavy atom. The van der Waals surface area contributed by atoms with Crippen molar-refractivity contribution in [1.82, 2.24) is 4.98 Å². The van der Waals surface area contributed by atoms with E-state index in [-0.39, 0.29) is 18.1 Å². The van der Waals surface area contributed by atoms with Gasteiger partial charge in [-0.1, -0.05) is 17.4 Å². The van der Waals surface area contributed by atoms with Crippen molar-refractivity contribution in [2.45, 2.75) is 6.42 Å². The molecule has 124 valence electrons. The predicted octanol–water partition coefficient (Wildman–Crippen LogP) is 3.20. The Hall–Kier alpha value is -2.80. The van der Waals surface area contributed by atoms with E-state index in [9.17, 15) is 9.90 Å². The van der Waals surface area contributed by atoms with Crippen LogP contribution in [0.25, 0.3) is 10.2 Å². The summed E-state index contributed by atoms with van der Waals surface area (Å²) < 4.78 is 11.2. The largest absolute Gasteiger partial charge is 0.504 e. The number of amides is 1. The highest BCUT2D eigenvalue weighted by molar-refractivity contribution is 7.22. The number of methoxy groups -OCH3 is 2. The van der Waals surface area contributed by atoms with Crippen molar-refractivity contribution in [3.8, 4) is 17.2 Å². The van der Waals surface area contributed by atoms with Crippen LogP contribution in [-0.4, -0.2) is 30.2 Å². The lowest BCUT2D eigenvalue weighted by molar-refractivity contribution is -0.115. The fourth-order valence-electron chi connectivity index (χ4n) is 2.27. The molecule has 3 rings (SSSR count). The van der Waals surface area contributed by atoms with E-state index in [2.05, 4.69) is 10.3 Å². The first kappa shape index (κ1) is 16.1. The summed E-state index contributed by atoms with van der Waals surface area (Å²) in [6, 6.07) is 10.4. The van der Waals surface area contributed by atoms with Crippen molar-refractivity contribution in [3.63, 3.8) is 0 Å². The first-order chi connectivity index (χ1) is 11.6. The van der Waals surface area contributed by atoms with Crippen LogP contribution in [0.15, 0.2) is 36.4 Å². The van der Waals surface area contributed by atoms with Gasteiger partial charge in [0.15, 0.2) is 16.6 Å². The normalized spacial score (nSPS) is 10.6. The number of ether oxygens (including phenoxy) is 2. The minimum absolute atomic E-state index is 0.0433. The van der Waals surface area contributed by atoms with E-state index in [4.69, 9.17) is 9.47 Å². The van der Waals surface area contributed by atoms with Gasteiger partial charge in [0.25, 0.3) is 0 Å². The van der Waals surface area contributed by atoms with Crippen molar-refractivity contribution in [2.24, 2.45) is 0 Å². The van der Waals surface area contributed by atoms with Gasteiger partial charge in [0.1, 0.15) is 5.75 Å². The molecule has 0 aliphatic carbocycles. The molecule has 0 fully saturated rings. The molecule has 0 saturated carbocycles. The summed E-state index contributed by atoms with van der Waals surface area (Å²) in [5.41, 5.74) is 1.55. The zero-order chi connectivity index (χ0) is 17.1. The number of thiazole rings is 1. The Balaban J connectivity index is 1.72. The number of nitrogens with zero attached hydrogens (tertiary/aromatic N) is 1. The third-order valence-electron chi connectivity index (χ3n) is 3.45. The van der Waals surface area contributed by atoms with Gasteiger partial charge < -0.3 is 19.9 Å². The van der Waals surface area contributed by atoms with Crippen LogP contribution in [0.1, 0.15) is 5.56 Å². The second-order valence-electron chi connectivity index (χ2n) is 5.08. The van der Waals surface area contributed by atoms with Gasteiger partial charge >= 0.3 is 0 Å². The first-order valence-electron chi connectivity index (χ1n) is 7.19. The van der Waals surface area contributed by atoms with Crippen LogP contribution in [0.2, 0.25) is 0 Å². The van der Waals surface area contributed by atoms with E-state index in [0.717, 1.165) is 21.5 Å². The Bertz CT molecular complexity index is 891. The number of benzene rings is 2. The molecule has 2 N–H and O–H groups in total. The number of hydrogen-bond acceptors (Lipinski definition) is 6. The van der Waals surface area contributed by atoms with Crippen molar-refractivity contribution in [1.29, 1.82) is 0 Å². The molecule has 24 heavy (non-hydrogen) atoms. The van der Waals surface area contributed by atoms with Gasteiger partial charge in [-0.25, -0.2) is 4.98 Å². The molecule has 3 aromatic rings. The van der Waals surface area contributed by atoms with Crippen molar-refractivity contribution >= 4 is 32.6 Å². The Kier molecular flexibility index (Phi) is 4.52. The molecule has 0 radical (unpaired) electrons. The zero-order valence-corrected chi connectivity index (χ0v) is 14.0. The molecule has 0 spiro atoms. The summed E-state index contributed by atoms with van der Waals surface area (Å²) >= 11 is 1.39. The topological polar surface area (TPSA) is 80.7 Å². The highest BCUT2D eigenvalue weighted by Crippen LogP contribution is 2.30. The molecule has 1 aromatic heterocycles. The average Bonchev–Trinajstić information content (AvgIpc) is 2.97. The van der Waals surface area contributed by atoms with Gasteiger partial charge in [-0.3, -0.25) is 4.79 Å². The highest BCUT2D eigenvalue weighted by Gasteiger charge is 2.11. The number of phenolic OH excluding ortho intramolecular Hbond substituents is 1. The zero-order valence-electron chi connectivity index (χ0n) is 13.2. The molecule has 7 heteroatoms. The number of fused-ring (bicyclic) bond motifs is 1. The second-order valence-corrected chi connectivity index (χ2v) is 6.11. The van der Waals surface area contributed by atoms with Crippen LogP contribution in [0.5, 0.6) is 17.2 Å². The molecule has 0 unspecified atom stereocenters. The molecule has 1 heterocycles. The van der Waals surface area contributed by atoms with Crippen LogP contribution in [-0.2, 0) is 11.2 Å². The molecule has 0 aliphatic rings. The van der Waals surface area contributed by atoms with Crippen molar-refractivity contribution in [3.05, 3.63) is 42.0 Å². The SMILES string of the molecule is COc1ccc2nc(NC(=O)Cc3ccc(O)c(OC)c3)sc2c1. The summed E-state index contributed by atoms with van der Waals surface area (Å²) in [7, 11) is 3.07. The van der Waals surface area contributed by atoms with Gasteiger partial charge in [-0.15, -0.1) is 0 Å². The molecule has 0 aliphatic heterocycles. The van der Waals surface area contributed by atoms with E-state index in [0.29, 0.717) is 10.9 Å². The molecular formula is C17H16N2O4S. The fraction of sp³-hybridized carbons (Fsp3) is 0.176. The van der Waals surface area contributed by atoms with E-state index in [1.807, 2.05) is 18.2 Å². The summed E-state index contributed by atoms with van der Waals surface area (Å²) in [5, 5.41) is 12.9. The smallest absolute Gasteiger partial charge is 0.230 e. The summed E-state index contributed by atoms with van der Waals surface area (Å²) in [6.45, 7) is 0. The highest BCUT2D eigenvalue weighted by atomic mass is 32.1. The maximum Gasteiger partial charge on any atom is 0.230 e. The Labute approximate surface area is 142 Å². The van der Waals surface area contributed by atoms with Crippen LogP contribution in [0.4, 0.5) is 5.13 Å². The maximum absolute atomic E-state index is 12.2. The monoisotopic (exact) mass is 344 g/mol. The molecule has 6 nitrogen and oxygen atoms in total. The third-order valence-corrected chi connectivity index (χ3v) is 4.38. The van der Waals surface area contributed by atoms with E-state index in [1.165, 1.54) is 24.5 Å². The number of nitrogens with one attached hydrogen (secondary N) is 1. The number of carbonyl (C=O) groups is 1. The Morgan fingerprint density at radius 1 is 1.21 bits per heavy atom. The van der Waals surface area contributed by atoms with Gasteiger partial charge in [-0.2, -0.15) is 0 Å². The molecule has 2 aromatic carbocycles. The van der Waals surface area contributed by atoms with Crippen LogP contribution < -0.4 is 14.8 Å². The van der Waals surface area contributed by atoms with Crippen molar-refractivity contribution in [2.75, 3.05) is 19.5 Å². The minimum atomic E-state index is -0.186. The second kappa shape index (κ2) is 6.76. The van der Waals surface area contributed by atoms with Crippen LogP contribution in [0, 0.1) is 0 Å². The maximum atomic E-state index is 12.2. The first-order valence-corrected chi connectivity index (χ1v) is 8.01. The Morgan fingerprint density at radius 2 is 2.04 bits per heavy atom. The molecule has 0 saturated heterocycles. The van der Waals surface area contributed by atoms with Crippen molar-refractivity contribution < 1.29 is 19.4 Å². The molecule has 0 atom stereocenters. The number of rotatable bonds is 5. The average molecular weight is 344 g/mol. The molecule has 1 amide bonds. The van der Waals surface area contributed by atoms with Gasteiger partial charge in [0, 0.05) is 0 Å². The number of anilines is 1. The fourth-order valence-corrected chi connectivity index (χ4v) is 3.18. The summed E-state index contributed by atoms with van der Waals surface area (Å²) in [4.78, 5) is 16.6. The molecule has 0 bridgehead atoms. The third kappa shape index (κ3) is 3.41. The van der Waals surface area contributed by atoms with E-state index >= 15 is 0 Å². The van der Waals surface area contributed by atoms with Crippen LogP contribution >= 0.6 is 11.3 Å². The predicted molar refractivity (Wildman–Crippen MR) is 93.2 cm³/mol. The van der Waals surface area contributed by atoms with Gasteiger partial charge in [-0.05, 0) is 35.9 Å². The number of phenols is 1. The number of aromatic nitrogens is 1. The van der Waals surface area contributed by atoms with Gasteiger partial charge in [0.05, 0.1) is 30.9 Å². The minimum Gasteiger partial charge on any atom is -0.504 e. The standard InChI is InChI=1S/C17H16N2O4S/c1-22-11-4-5-12-15(9-11)24-17(18-12)19-16(21)8-10-3-6-13(20)14(7-10)23-2/h3-7,9,20H,8H2,1-2H3,(H,18,19,21).